The molecule has 0 radical (unpaired) electrons. The average molecular weight is 216 g/mol. The summed E-state index contributed by atoms with van der Waals surface area (Å²) in [7, 11) is 0. The van der Waals surface area contributed by atoms with E-state index in [9.17, 15) is 0 Å². The molecule has 0 fully saturated rings. The lowest BCUT2D eigenvalue weighted by molar-refractivity contribution is 0.609. The molecule has 1 aromatic carbocycles. The molecule has 0 bridgehead atoms. The largest absolute Gasteiger partial charge is 0.370 e. The molecule has 0 aliphatic carbocycles. The van der Waals surface area contributed by atoms with Gasteiger partial charge in [0.15, 0.2) is 0 Å². The van der Waals surface area contributed by atoms with Gasteiger partial charge in [-0.1, -0.05) is 39.8 Å². The van der Waals surface area contributed by atoms with E-state index in [1.54, 1.807) is 0 Å². The van der Waals surface area contributed by atoms with E-state index in [0.29, 0.717) is 11.8 Å². The number of hydrogen-bond acceptors (Lipinski definition) is 2. The van der Waals surface area contributed by atoms with Gasteiger partial charge in [0, 0.05) is 5.69 Å². The standard InChI is InChI=1S/C14H20N2/c1-10(2)12-5-7-13(8-6-12)16-14(9-15)11(3)4/h5-8,10-11,14,16H,1-4H3. The van der Waals surface area contributed by atoms with E-state index < -0.39 is 0 Å². The smallest absolute Gasteiger partial charge is 0.116 e. The van der Waals surface area contributed by atoms with Crippen molar-refractivity contribution >= 4 is 5.69 Å². The molecule has 1 aromatic rings. The molecule has 2 heteroatoms. The highest BCUT2D eigenvalue weighted by atomic mass is 14.9. The molecule has 0 aliphatic rings. The van der Waals surface area contributed by atoms with Crippen LogP contribution in [0.25, 0.3) is 0 Å². The molecule has 1 unspecified atom stereocenters. The third-order valence-corrected chi connectivity index (χ3v) is 2.71. The van der Waals surface area contributed by atoms with Crippen molar-refractivity contribution in [3.05, 3.63) is 29.8 Å². The molecule has 2 nitrogen and oxygen atoms in total. The number of nitriles is 1. The Balaban J connectivity index is 2.72. The lowest BCUT2D eigenvalue weighted by Gasteiger charge is -2.16. The van der Waals surface area contributed by atoms with Crippen molar-refractivity contribution in [3.63, 3.8) is 0 Å². The maximum absolute atomic E-state index is 8.99. The molecule has 1 rings (SSSR count). The fourth-order valence-electron chi connectivity index (χ4n) is 1.49. The van der Waals surface area contributed by atoms with E-state index in [1.807, 2.05) is 26.0 Å². The fraction of sp³-hybridized carbons (Fsp3) is 0.500. The van der Waals surface area contributed by atoms with E-state index in [0.717, 1.165) is 5.69 Å². The molecule has 0 aromatic heterocycles. The Kier molecular flexibility index (Phi) is 4.37. The van der Waals surface area contributed by atoms with Gasteiger partial charge in [-0.3, -0.25) is 0 Å². The van der Waals surface area contributed by atoms with Gasteiger partial charge in [-0.25, -0.2) is 0 Å². The van der Waals surface area contributed by atoms with E-state index >= 15 is 0 Å². The third kappa shape index (κ3) is 3.27. The normalized spacial score (nSPS) is 12.6. The van der Waals surface area contributed by atoms with Crippen molar-refractivity contribution in [2.45, 2.75) is 39.7 Å². The van der Waals surface area contributed by atoms with Crippen LogP contribution < -0.4 is 5.32 Å². The topological polar surface area (TPSA) is 35.8 Å². The minimum Gasteiger partial charge on any atom is -0.370 e. The zero-order valence-corrected chi connectivity index (χ0v) is 10.5. The van der Waals surface area contributed by atoms with E-state index in [2.05, 4.69) is 37.4 Å². The van der Waals surface area contributed by atoms with Crippen LogP contribution in [-0.2, 0) is 0 Å². The van der Waals surface area contributed by atoms with Crippen LogP contribution in [0, 0.1) is 17.2 Å². The first kappa shape index (κ1) is 12.6. The predicted octanol–water partition coefficient (Wildman–Crippen LogP) is 3.77. The minimum atomic E-state index is -0.120. The maximum atomic E-state index is 8.99. The molecule has 1 atom stereocenters. The zero-order chi connectivity index (χ0) is 12.1. The second-order valence-electron chi connectivity index (χ2n) is 4.77. The Morgan fingerprint density at radius 2 is 1.62 bits per heavy atom. The lowest BCUT2D eigenvalue weighted by Crippen LogP contribution is -2.23. The van der Waals surface area contributed by atoms with Crippen LogP contribution in [0.2, 0.25) is 0 Å². The highest BCUT2D eigenvalue weighted by Crippen LogP contribution is 2.18. The van der Waals surface area contributed by atoms with Crippen LogP contribution in [-0.4, -0.2) is 6.04 Å². The summed E-state index contributed by atoms with van der Waals surface area (Å²) in [6, 6.07) is 10.5. The highest BCUT2D eigenvalue weighted by molar-refractivity contribution is 5.47. The predicted molar refractivity (Wildman–Crippen MR) is 68.4 cm³/mol. The maximum Gasteiger partial charge on any atom is 0.116 e. The van der Waals surface area contributed by atoms with Crippen LogP contribution in [0.3, 0.4) is 0 Å². The number of hydrogen-bond donors (Lipinski definition) is 1. The van der Waals surface area contributed by atoms with E-state index in [1.165, 1.54) is 5.56 Å². The van der Waals surface area contributed by atoms with Gasteiger partial charge in [0.1, 0.15) is 6.04 Å². The van der Waals surface area contributed by atoms with Crippen molar-refractivity contribution in [2.75, 3.05) is 5.32 Å². The molecule has 16 heavy (non-hydrogen) atoms. The third-order valence-electron chi connectivity index (χ3n) is 2.71. The Morgan fingerprint density at radius 1 is 1.06 bits per heavy atom. The van der Waals surface area contributed by atoms with Gasteiger partial charge < -0.3 is 5.32 Å². The van der Waals surface area contributed by atoms with Crippen molar-refractivity contribution in [3.8, 4) is 6.07 Å². The number of benzene rings is 1. The summed E-state index contributed by atoms with van der Waals surface area (Å²) in [5, 5.41) is 12.2. The molecule has 0 heterocycles. The van der Waals surface area contributed by atoms with Gasteiger partial charge in [0.2, 0.25) is 0 Å². The quantitative estimate of drug-likeness (QED) is 0.831. The molecule has 86 valence electrons. The Bertz CT molecular complexity index is 357. The summed E-state index contributed by atoms with van der Waals surface area (Å²) in [5.74, 6) is 0.862. The van der Waals surface area contributed by atoms with Crippen LogP contribution in [0.15, 0.2) is 24.3 Å². The summed E-state index contributed by atoms with van der Waals surface area (Å²) in [5.41, 5.74) is 2.34. The number of nitrogens with one attached hydrogen (secondary N) is 1. The first-order valence-corrected chi connectivity index (χ1v) is 5.80. The number of nitrogens with zero attached hydrogens (tertiary/aromatic N) is 1. The first-order chi connectivity index (χ1) is 7.54. The van der Waals surface area contributed by atoms with Gasteiger partial charge >= 0.3 is 0 Å². The van der Waals surface area contributed by atoms with E-state index in [4.69, 9.17) is 5.26 Å². The average Bonchev–Trinajstić information content (AvgIpc) is 2.26. The van der Waals surface area contributed by atoms with Gasteiger partial charge in [-0.05, 0) is 29.5 Å². The summed E-state index contributed by atoms with van der Waals surface area (Å²) in [6.45, 7) is 8.44. The van der Waals surface area contributed by atoms with Gasteiger partial charge in [0.05, 0.1) is 6.07 Å². The zero-order valence-electron chi connectivity index (χ0n) is 10.5. The summed E-state index contributed by atoms with van der Waals surface area (Å²) in [6.07, 6.45) is 0. The van der Waals surface area contributed by atoms with E-state index in [-0.39, 0.29) is 6.04 Å². The van der Waals surface area contributed by atoms with Crippen LogP contribution in [0.5, 0.6) is 0 Å². The number of rotatable bonds is 4. The first-order valence-electron chi connectivity index (χ1n) is 5.80. The summed E-state index contributed by atoms with van der Waals surface area (Å²) in [4.78, 5) is 0. The lowest BCUT2D eigenvalue weighted by atomic mass is 10.0. The van der Waals surface area contributed by atoms with Crippen LogP contribution in [0.4, 0.5) is 5.69 Å². The summed E-state index contributed by atoms with van der Waals surface area (Å²) >= 11 is 0. The molecule has 0 saturated carbocycles. The summed E-state index contributed by atoms with van der Waals surface area (Å²) < 4.78 is 0. The van der Waals surface area contributed by atoms with Crippen LogP contribution in [0.1, 0.15) is 39.2 Å². The number of anilines is 1. The second kappa shape index (κ2) is 5.55. The van der Waals surface area contributed by atoms with Gasteiger partial charge in [-0.15, -0.1) is 0 Å². The highest BCUT2D eigenvalue weighted by Gasteiger charge is 2.11. The molecular formula is C14H20N2. The van der Waals surface area contributed by atoms with Crippen molar-refractivity contribution in [2.24, 2.45) is 5.92 Å². The molecule has 0 spiro atoms. The monoisotopic (exact) mass is 216 g/mol. The minimum absolute atomic E-state index is 0.120. The van der Waals surface area contributed by atoms with Crippen molar-refractivity contribution in [1.29, 1.82) is 5.26 Å². The molecule has 0 amide bonds. The van der Waals surface area contributed by atoms with Crippen molar-refractivity contribution < 1.29 is 0 Å². The Labute approximate surface area is 98.3 Å². The second-order valence-corrected chi connectivity index (χ2v) is 4.77. The Hall–Kier alpha value is -1.49. The molecule has 0 saturated heterocycles. The molecular weight excluding hydrogens is 196 g/mol. The van der Waals surface area contributed by atoms with Crippen LogP contribution >= 0.6 is 0 Å². The molecule has 1 N–H and O–H groups in total. The van der Waals surface area contributed by atoms with Crippen molar-refractivity contribution in [1.82, 2.24) is 0 Å². The molecule has 0 aliphatic heterocycles. The SMILES string of the molecule is CC(C)c1ccc(NC(C#N)C(C)C)cc1. The Morgan fingerprint density at radius 3 is 2.00 bits per heavy atom. The van der Waals surface area contributed by atoms with Gasteiger partial charge in [-0.2, -0.15) is 5.26 Å². The van der Waals surface area contributed by atoms with Gasteiger partial charge in [0.25, 0.3) is 0 Å². The fourth-order valence-corrected chi connectivity index (χ4v) is 1.49.